The summed E-state index contributed by atoms with van der Waals surface area (Å²) < 4.78 is 19.1. The van der Waals surface area contributed by atoms with Crippen LogP contribution in [0.5, 0.6) is 11.5 Å². The minimum absolute atomic E-state index is 0.102. The van der Waals surface area contributed by atoms with E-state index in [0.717, 1.165) is 58.6 Å². The lowest BCUT2D eigenvalue weighted by Gasteiger charge is -2.27. The molecule has 0 saturated heterocycles. The first-order valence-electron chi connectivity index (χ1n) is 45.3. The van der Waals surface area contributed by atoms with Gasteiger partial charge in [-0.1, -0.05) is 162 Å². The number of rotatable bonds is 23. The highest BCUT2D eigenvalue weighted by Gasteiger charge is 2.29. The second-order valence-electron chi connectivity index (χ2n) is 35.8. The molecule has 0 spiro atoms. The Bertz CT molecular complexity index is 8230. The van der Waals surface area contributed by atoms with Crippen molar-refractivity contribution in [1.29, 1.82) is 0 Å². The van der Waals surface area contributed by atoms with E-state index in [1.807, 2.05) is 99.0 Å². The topological polar surface area (TPSA) is 377 Å². The molecule has 17 aromatic rings. The molecule has 2 fully saturated rings. The summed E-state index contributed by atoms with van der Waals surface area (Å²) in [6, 6.07) is 54.3. The molecule has 6 aromatic heterocycles. The van der Waals surface area contributed by atoms with Crippen molar-refractivity contribution in [2.45, 2.75) is 165 Å². The molecule has 2 aliphatic carbocycles. The number of aromatic nitrogens is 7. The second kappa shape index (κ2) is 43.2. The Balaban J connectivity index is 0.000000133. The van der Waals surface area contributed by atoms with Crippen LogP contribution in [0.3, 0.4) is 0 Å². The van der Waals surface area contributed by atoms with Crippen LogP contribution in [0.2, 0.25) is 25.1 Å². The number of aliphatic carboxylic acids is 5. The maximum Gasteiger partial charge on any atom is 0.323 e. The van der Waals surface area contributed by atoms with Crippen molar-refractivity contribution in [3.05, 3.63) is 288 Å². The Hall–Kier alpha value is -13.7. The molecule has 8 N–H and O–H groups in total. The number of hydrogen-bond acceptors (Lipinski definition) is 19. The van der Waals surface area contributed by atoms with Crippen LogP contribution >= 0.6 is 81.5 Å². The lowest BCUT2D eigenvalue weighted by molar-refractivity contribution is -0.138. The molecule has 0 atom stereocenters. The van der Waals surface area contributed by atoms with E-state index in [1.165, 1.54) is 57.0 Å². The first kappa shape index (κ1) is 102. The molecule has 6 heterocycles. The Morgan fingerprint density at radius 2 is 0.780 bits per heavy atom. The normalized spacial score (nSPS) is 12.7. The van der Waals surface area contributed by atoms with E-state index in [0.29, 0.717) is 180 Å². The summed E-state index contributed by atoms with van der Waals surface area (Å²) >= 11 is 34.8. The van der Waals surface area contributed by atoms with Crippen molar-refractivity contribution >= 4 is 243 Å². The van der Waals surface area contributed by atoms with Gasteiger partial charge in [-0.15, -0.1) is 23.5 Å². The number of hydrogen-bond donors (Lipinski definition) is 8. The highest BCUT2D eigenvalue weighted by atomic mass is 35.5. The average Bonchev–Trinajstić information content (AvgIpc) is 0.983. The first-order valence-corrected chi connectivity index (χ1v) is 49.3. The van der Waals surface area contributed by atoms with Crippen LogP contribution in [0.4, 0.5) is 22.9 Å². The molecule has 34 heteroatoms. The van der Waals surface area contributed by atoms with Crippen LogP contribution in [0.15, 0.2) is 234 Å². The van der Waals surface area contributed by atoms with Crippen LogP contribution in [0.1, 0.15) is 110 Å². The molecular formula is C107H99Cl5N10O17S2. The molecule has 2 saturated carbocycles. The molecule has 726 valence electrons. The SMILES string of the molecule is CC(C)Sc1c(Cl)ccc2c(=O)c3ccc(C(C)(C)C)cc3n(CC(=O)O)c12.CC(C)c1ccc2c(=O)c3ccc(Cl)c(-c4ccccc4)c3n(CC(=O)O)c2c1.COc1c(Cl)ccc2c(=O)c3ccc(NC4CCC4)cc3n(CC(=O)O)c12.COc1c(Cl)ccc2c(=O)c3ccc(NC4CCCC4)cc3n(CC(=O)O)c12.CSc1c(Cl)ccc2c(=O)c3ccc(Nc4cnccn4)cc3n(CC(=O)O)c12. The van der Waals surface area contributed by atoms with E-state index in [9.17, 15) is 73.5 Å². The highest BCUT2D eigenvalue weighted by molar-refractivity contribution is 8.00. The van der Waals surface area contributed by atoms with Crippen molar-refractivity contribution < 1.29 is 59.0 Å². The predicted octanol–water partition coefficient (Wildman–Crippen LogP) is 23.6. The maximum absolute atomic E-state index is 13.3. The van der Waals surface area contributed by atoms with E-state index < -0.39 is 29.8 Å². The fraction of sp³-hybridized carbons (Fsp3) is 0.252. The Kier molecular flexibility index (Phi) is 31.2. The van der Waals surface area contributed by atoms with Crippen LogP contribution < -0.4 is 52.6 Å². The summed E-state index contributed by atoms with van der Waals surface area (Å²) in [5, 5.41) is 64.6. The van der Waals surface area contributed by atoms with Crippen LogP contribution in [0.25, 0.3) is 120 Å². The number of carbonyl (C=O) groups is 5. The predicted molar refractivity (Wildman–Crippen MR) is 568 cm³/mol. The molecule has 27 nitrogen and oxygen atoms in total. The Labute approximate surface area is 840 Å². The molecule has 141 heavy (non-hydrogen) atoms. The van der Waals surface area contributed by atoms with Gasteiger partial charge in [0.15, 0.2) is 38.6 Å². The number of thioether (sulfide) groups is 2. The number of methoxy groups -OCH3 is 2. The molecule has 0 aliphatic heterocycles. The van der Waals surface area contributed by atoms with Gasteiger partial charge in [0.25, 0.3) is 0 Å². The molecule has 0 amide bonds. The summed E-state index contributed by atoms with van der Waals surface area (Å²) in [6.07, 6.45) is 14.6. The average molecular weight is 2040 g/mol. The van der Waals surface area contributed by atoms with Gasteiger partial charge in [-0.3, -0.25) is 52.9 Å². The quantitative estimate of drug-likeness (QED) is 0.0218. The summed E-state index contributed by atoms with van der Waals surface area (Å²) in [6.45, 7) is 13.0. The number of halogens is 5. The van der Waals surface area contributed by atoms with E-state index >= 15 is 0 Å². The number of nitrogens with one attached hydrogen (secondary N) is 3. The third-order valence-corrected chi connectivity index (χ3v) is 28.5. The Morgan fingerprint density at radius 1 is 0.418 bits per heavy atom. The first-order chi connectivity index (χ1) is 67.4. The standard InChI is InChI=1S/C24H20ClNO3.C22H24ClNO3S.C21H21ClN2O4.C20H15ClN4O3S.C20H19ClN2O4/c1-14(2)16-8-9-17-20(12-16)26(13-21(27)28)23-18(24(17)29)10-11-19(25)22(23)15-6-4-3-5-7-15;1-12(2)28-21-16(23)9-8-15-19(21)24(11-18(25)26)17-10-13(22(3,4)5)6-7-14(17)20(15)27;1-28-21-16(22)9-8-15-19(21)24(11-18(25)26)17-10-13(6-7-14(17)20(15)27)23-12-4-2-3-5-12;1-29-20-14(21)5-4-13-18(20)25(10-17(26)27)15-8-11(2-3-12(15)19(13)28)24-16-9-22-6-7-23-16;1-27-20-15(21)8-7-14-18(20)23(10-17(24)25)16-9-12(22-11-3-2-4-11)5-6-13(16)19(14)26/h3-12,14H,13H2,1-2H3,(H,27,28);6-10,12H,11H2,1-5H3,(H,25,26);6-10,12,23H,2-5,11H2,1H3,(H,25,26);2-9H,10H2,1H3,(H,23,24)(H,26,27);5-9,11,22H,2-4,10H2,1H3,(H,24,25). The number of carboxylic acids is 5. The van der Waals surface area contributed by atoms with Crippen molar-refractivity contribution in [1.82, 2.24) is 32.8 Å². The van der Waals surface area contributed by atoms with Crippen LogP contribution in [0, 0.1) is 0 Å². The minimum atomic E-state index is -1.02. The lowest BCUT2D eigenvalue weighted by Crippen LogP contribution is -2.27. The largest absolute Gasteiger partial charge is 0.493 e. The molecule has 2 aliphatic rings. The number of pyridine rings is 5. The zero-order valence-electron chi connectivity index (χ0n) is 78.3. The molecule has 0 bridgehead atoms. The van der Waals surface area contributed by atoms with Gasteiger partial charge in [-0.2, -0.15) is 0 Å². The zero-order chi connectivity index (χ0) is 101. The zero-order valence-corrected chi connectivity index (χ0v) is 83.7. The summed E-state index contributed by atoms with van der Waals surface area (Å²) in [5.41, 5.74) is 10.4. The summed E-state index contributed by atoms with van der Waals surface area (Å²) in [4.78, 5) is 134. The second-order valence-corrected chi connectivity index (χ2v) is 40.3. The molecular weight excluding hydrogens is 1940 g/mol. The van der Waals surface area contributed by atoms with Crippen molar-refractivity contribution in [3.63, 3.8) is 0 Å². The smallest absolute Gasteiger partial charge is 0.323 e. The van der Waals surface area contributed by atoms with Gasteiger partial charge in [0.1, 0.15) is 38.5 Å². The van der Waals surface area contributed by atoms with E-state index in [2.05, 4.69) is 60.5 Å². The van der Waals surface area contributed by atoms with Gasteiger partial charge < -0.3 is 73.8 Å². The van der Waals surface area contributed by atoms with Gasteiger partial charge >= 0.3 is 29.8 Å². The van der Waals surface area contributed by atoms with E-state index in [-0.39, 0.29) is 76.5 Å². The molecule has 0 radical (unpaired) electrons. The summed E-state index contributed by atoms with van der Waals surface area (Å²) in [7, 11) is 2.91. The maximum atomic E-state index is 13.3. The van der Waals surface area contributed by atoms with Gasteiger partial charge in [0, 0.05) is 95.4 Å². The molecule has 0 unspecified atom stereocenters. The van der Waals surface area contributed by atoms with Crippen molar-refractivity contribution in [2.75, 3.05) is 36.4 Å². The van der Waals surface area contributed by atoms with Crippen molar-refractivity contribution in [2.24, 2.45) is 0 Å². The Morgan fingerprint density at radius 3 is 1.18 bits per heavy atom. The van der Waals surface area contributed by atoms with Crippen LogP contribution in [-0.2, 0) is 62.1 Å². The lowest BCUT2D eigenvalue weighted by atomic mass is 9.86. The molecule has 19 rings (SSSR count). The third-order valence-electron chi connectivity index (χ3n) is 24.8. The van der Waals surface area contributed by atoms with Gasteiger partial charge in [0.05, 0.1) is 121 Å². The fourth-order valence-electron chi connectivity index (χ4n) is 18.1. The fourth-order valence-corrected chi connectivity index (χ4v) is 21.1. The number of ether oxygens (including phenoxy) is 2. The van der Waals surface area contributed by atoms with Gasteiger partial charge in [-0.05, 0) is 206 Å². The van der Waals surface area contributed by atoms with E-state index in [4.69, 9.17) is 67.5 Å². The highest BCUT2D eigenvalue weighted by Crippen LogP contribution is 2.44. The monoisotopic (exact) mass is 2030 g/mol. The number of anilines is 4. The van der Waals surface area contributed by atoms with Gasteiger partial charge in [-0.25, -0.2) is 4.98 Å². The minimum Gasteiger partial charge on any atom is -0.493 e. The van der Waals surface area contributed by atoms with Crippen molar-refractivity contribution in [3.8, 4) is 22.6 Å². The number of fused-ring (bicyclic) bond motifs is 10. The number of carboxylic acid groups (broad SMARTS) is 5. The number of benzene rings is 11. The van der Waals surface area contributed by atoms with Crippen LogP contribution in [-0.4, -0.2) is 126 Å². The van der Waals surface area contributed by atoms with E-state index in [1.54, 1.807) is 145 Å². The summed E-state index contributed by atoms with van der Waals surface area (Å²) in [5.74, 6) is -3.61. The van der Waals surface area contributed by atoms with Gasteiger partial charge in [0.2, 0.25) is 0 Å². The number of nitrogens with zero attached hydrogens (tertiary/aromatic N) is 7. The molecule has 11 aromatic carbocycles. The third kappa shape index (κ3) is 21.5.